The minimum Gasteiger partial charge on any atom is -0.444 e. The van der Waals surface area contributed by atoms with Crippen molar-refractivity contribution in [2.75, 3.05) is 29.9 Å². The van der Waals surface area contributed by atoms with E-state index in [-0.39, 0.29) is 19.0 Å². The lowest BCUT2D eigenvalue weighted by atomic mass is 9.94. The molecule has 6 rings (SSSR count). The molecule has 1 aliphatic carbocycles. The van der Waals surface area contributed by atoms with Crippen LogP contribution in [0.3, 0.4) is 0 Å². The lowest BCUT2D eigenvalue weighted by molar-refractivity contribution is -0.0104. The molecule has 2 fully saturated rings. The maximum atomic E-state index is 13.9. The Morgan fingerprint density at radius 3 is 2.42 bits per heavy atom. The predicted octanol–water partition coefficient (Wildman–Crippen LogP) is 5.84. The number of pyridine rings is 1. The first-order chi connectivity index (χ1) is 22.5. The molecule has 0 aromatic carbocycles. The minimum atomic E-state index is -0.737. The van der Waals surface area contributed by atoms with Gasteiger partial charge in [-0.2, -0.15) is 9.61 Å². The molecule has 1 aliphatic heterocycles. The molecule has 0 radical (unpaired) electrons. The second kappa shape index (κ2) is 12.6. The first-order valence-electron chi connectivity index (χ1n) is 16.8. The Hall–Kier alpha value is -4.39. The third kappa shape index (κ3) is 7.51. The molecule has 258 valence electrons. The number of ether oxygens (including phenoxy) is 2. The van der Waals surface area contributed by atoms with E-state index < -0.39 is 29.5 Å². The first kappa shape index (κ1) is 33.5. The van der Waals surface area contributed by atoms with Gasteiger partial charge in [0.15, 0.2) is 5.65 Å². The monoisotopic (exact) mass is 660 g/mol. The van der Waals surface area contributed by atoms with Crippen LogP contribution in [0.2, 0.25) is 0 Å². The molecule has 13 nitrogen and oxygen atoms in total. The van der Waals surface area contributed by atoms with E-state index in [0.29, 0.717) is 48.4 Å². The SMILES string of the molecule is Cc1cc(C)n2cc(CN(C(=O)OC(C)(C)C)c3cc(NC[C@H]4CCN(C(=O)OC(C)(C)C)C[C@@H]4O)nc4c(C5CC5)cnn34)nc2c1. The van der Waals surface area contributed by atoms with Crippen LogP contribution in [0.4, 0.5) is 21.2 Å². The van der Waals surface area contributed by atoms with Gasteiger partial charge in [0.2, 0.25) is 0 Å². The number of piperidine rings is 1. The number of aliphatic hydroxyl groups excluding tert-OH is 1. The van der Waals surface area contributed by atoms with Gasteiger partial charge in [0.25, 0.3) is 0 Å². The Bertz CT molecular complexity index is 1830. The Kier molecular flexibility index (Phi) is 8.78. The summed E-state index contributed by atoms with van der Waals surface area (Å²) in [7, 11) is 0. The topological polar surface area (TPSA) is 139 Å². The molecular weight excluding hydrogens is 612 g/mol. The number of carbonyl (C=O) groups excluding carboxylic acids is 2. The first-order valence-corrected chi connectivity index (χ1v) is 16.8. The van der Waals surface area contributed by atoms with Crippen molar-refractivity contribution < 1.29 is 24.2 Å². The highest BCUT2D eigenvalue weighted by molar-refractivity contribution is 5.88. The van der Waals surface area contributed by atoms with E-state index in [1.165, 1.54) is 0 Å². The number of aromatic nitrogens is 5. The van der Waals surface area contributed by atoms with Crippen molar-refractivity contribution in [1.82, 2.24) is 28.9 Å². The van der Waals surface area contributed by atoms with Gasteiger partial charge in [-0.15, -0.1) is 0 Å². The van der Waals surface area contributed by atoms with E-state index in [1.807, 2.05) is 78.3 Å². The molecule has 13 heteroatoms. The van der Waals surface area contributed by atoms with Crippen LogP contribution >= 0.6 is 0 Å². The van der Waals surface area contributed by atoms with E-state index in [4.69, 9.17) is 24.5 Å². The Morgan fingerprint density at radius 2 is 1.75 bits per heavy atom. The average Bonchev–Trinajstić information content (AvgIpc) is 3.59. The summed E-state index contributed by atoms with van der Waals surface area (Å²) in [4.78, 5) is 39.5. The summed E-state index contributed by atoms with van der Waals surface area (Å²) in [5, 5.41) is 19.1. The van der Waals surface area contributed by atoms with Crippen molar-refractivity contribution in [3.8, 4) is 0 Å². The number of nitrogens with one attached hydrogen (secondary N) is 1. The zero-order chi connectivity index (χ0) is 34.5. The number of β-amino-alcohol motifs (C(OH)–C–C–N with tert-alkyl or cyclic N) is 1. The second-order valence-electron chi connectivity index (χ2n) is 15.2. The molecule has 5 heterocycles. The van der Waals surface area contributed by atoms with Crippen molar-refractivity contribution in [2.24, 2.45) is 5.92 Å². The Morgan fingerprint density at radius 1 is 1.02 bits per heavy atom. The van der Waals surface area contributed by atoms with Crippen LogP contribution in [0.25, 0.3) is 11.3 Å². The Labute approximate surface area is 281 Å². The lowest BCUT2D eigenvalue weighted by Gasteiger charge is -2.36. The average molecular weight is 661 g/mol. The van der Waals surface area contributed by atoms with Gasteiger partial charge in [0, 0.05) is 42.5 Å². The van der Waals surface area contributed by atoms with E-state index >= 15 is 0 Å². The zero-order valence-corrected chi connectivity index (χ0v) is 29.3. The van der Waals surface area contributed by atoms with Gasteiger partial charge in [-0.1, -0.05) is 0 Å². The summed E-state index contributed by atoms with van der Waals surface area (Å²) in [5.74, 6) is 1.30. The number of imidazole rings is 1. The second-order valence-corrected chi connectivity index (χ2v) is 15.2. The maximum absolute atomic E-state index is 13.9. The van der Waals surface area contributed by atoms with Crippen LogP contribution < -0.4 is 10.2 Å². The summed E-state index contributed by atoms with van der Waals surface area (Å²) in [5.41, 5.74) is 4.03. The van der Waals surface area contributed by atoms with Gasteiger partial charge < -0.3 is 29.2 Å². The number of rotatable bonds is 7. The maximum Gasteiger partial charge on any atom is 0.416 e. The number of hydrogen-bond acceptors (Lipinski definition) is 9. The molecule has 2 amide bonds. The highest BCUT2D eigenvalue weighted by Crippen LogP contribution is 2.42. The van der Waals surface area contributed by atoms with Gasteiger partial charge >= 0.3 is 12.2 Å². The highest BCUT2D eigenvalue weighted by atomic mass is 16.6. The molecule has 2 N–H and O–H groups in total. The number of amides is 2. The van der Waals surface area contributed by atoms with E-state index in [9.17, 15) is 14.7 Å². The molecule has 0 spiro atoms. The van der Waals surface area contributed by atoms with Crippen molar-refractivity contribution in [1.29, 1.82) is 0 Å². The fourth-order valence-electron chi connectivity index (χ4n) is 6.14. The van der Waals surface area contributed by atoms with Crippen LogP contribution in [0.1, 0.15) is 89.2 Å². The number of carbonyl (C=O) groups is 2. The molecular formula is C35H48N8O5. The normalized spacial score (nSPS) is 18.7. The number of anilines is 2. The van der Waals surface area contributed by atoms with E-state index in [0.717, 1.165) is 35.3 Å². The van der Waals surface area contributed by atoms with Crippen LogP contribution in [0.5, 0.6) is 0 Å². The van der Waals surface area contributed by atoms with Crippen molar-refractivity contribution in [2.45, 2.75) is 104 Å². The summed E-state index contributed by atoms with van der Waals surface area (Å²) >= 11 is 0. The van der Waals surface area contributed by atoms with Crippen molar-refractivity contribution in [3.05, 3.63) is 53.1 Å². The fourth-order valence-corrected chi connectivity index (χ4v) is 6.14. The van der Waals surface area contributed by atoms with Gasteiger partial charge in [-0.05, 0) is 98.3 Å². The molecule has 2 aliphatic rings. The van der Waals surface area contributed by atoms with Crippen molar-refractivity contribution >= 4 is 35.1 Å². The summed E-state index contributed by atoms with van der Waals surface area (Å²) in [6, 6.07) is 5.91. The number of likely N-dealkylation sites (tertiary alicyclic amines) is 1. The van der Waals surface area contributed by atoms with Crippen LogP contribution in [-0.2, 0) is 16.0 Å². The quantitative estimate of drug-likeness (QED) is 0.250. The Balaban J connectivity index is 1.30. The van der Waals surface area contributed by atoms with Crippen LogP contribution in [-0.4, -0.2) is 83.1 Å². The molecule has 1 saturated carbocycles. The fraction of sp³-hybridized carbons (Fsp3) is 0.571. The molecule has 4 aromatic rings. The largest absolute Gasteiger partial charge is 0.444 e. The van der Waals surface area contributed by atoms with Crippen molar-refractivity contribution in [3.63, 3.8) is 0 Å². The molecule has 48 heavy (non-hydrogen) atoms. The number of aliphatic hydroxyl groups is 1. The highest BCUT2D eigenvalue weighted by Gasteiger charge is 2.34. The molecule has 2 atom stereocenters. The van der Waals surface area contributed by atoms with Gasteiger partial charge in [-0.25, -0.2) is 19.6 Å². The summed E-state index contributed by atoms with van der Waals surface area (Å²) < 4.78 is 15.2. The molecule has 4 aromatic heterocycles. The predicted molar refractivity (Wildman–Crippen MR) is 182 cm³/mol. The lowest BCUT2D eigenvalue weighted by Crippen LogP contribution is -2.49. The number of nitrogens with zero attached hydrogens (tertiary/aromatic N) is 7. The zero-order valence-electron chi connectivity index (χ0n) is 29.3. The van der Waals surface area contributed by atoms with Gasteiger partial charge in [0.05, 0.1) is 31.1 Å². The molecule has 0 unspecified atom stereocenters. The minimum absolute atomic E-state index is 0.121. The van der Waals surface area contributed by atoms with Gasteiger partial charge in [-0.3, -0.25) is 4.90 Å². The van der Waals surface area contributed by atoms with Gasteiger partial charge in [0.1, 0.15) is 28.5 Å². The summed E-state index contributed by atoms with van der Waals surface area (Å²) in [6.07, 6.45) is 4.83. The molecule has 1 saturated heterocycles. The van der Waals surface area contributed by atoms with E-state index in [2.05, 4.69) is 11.4 Å². The van der Waals surface area contributed by atoms with Crippen LogP contribution in [0, 0.1) is 19.8 Å². The number of fused-ring (bicyclic) bond motifs is 2. The smallest absolute Gasteiger partial charge is 0.416 e. The standard InChI is InChI=1S/C35H48N8O5/c1-21-13-22(2)41-18-25(38-29(41)14-21)19-42(33(46)48-35(6,7)8)30-15-28(39-31-26(23-9-10-23)17-37-43(30)31)36-16-24-11-12-40(20-27(24)44)32(45)47-34(3,4)5/h13-15,17-18,23-24,27,44H,9-12,16,19-20H2,1-8H3,(H,36,39)/t24-,27+/m1/s1. The van der Waals surface area contributed by atoms with E-state index in [1.54, 1.807) is 20.4 Å². The summed E-state index contributed by atoms with van der Waals surface area (Å²) in [6.45, 7) is 16.3. The number of hydrogen-bond donors (Lipinski definition) is 2. The third-order valence-electron chi connectivity index (χ3n) is 8.58. The number of aryl methyl sites for hydroxylation is 2. The third-order valence-corrected chi connectivity index (χ3v) is 8.58. The molecule has 0 bridgehead atoms. The van der Waals surface area contributed by atoms with Crippen LogP contribution in [0.15, 0.2) is 30.6 Å².